The number of rotatable bonds is 5. The molecule has 0 bridgehead atoms. The van der Waals surface area contributed by atoms with Crippen LogP contribution >= 0.6 is 11.3 Å². The number of nitrogens with one attached hydrogen (secondary N) is 2. The van der Waals surface area contributed by atoms with E-state index in [1.165, 1.54) is 17.7 Å². The smallest absolute Gasteiger partial charge is 0.315 e. The number of thiophene rings is 1. The van der Waals surface area contributed by atoms with E-state index in [-0.39, 0.29) is 24.0 Å². The maximum atomic E-state index is 12.2. The second kappa shape index (κ2) is 6.69. The minimum absolute atomic E-state index is 0.0961. The molecule has 1 atom stereocenters. The van der Waals surface area contributed by atoms with Gasteiger partial charge in [-0.1, -0.05) is 6.07 Å². The molecule has 3 rings (SSSR count). The van der Waals surface area contributed by atoms with Crippen LogP contribution in [0.1, 0.15) is 49.4 Å². The summed E-state index contributed by atoms with van der Waals surface area (Å²) >= 11 is 1.68. The van der Waals surface area contributed by atoms with E-state index in [9.17, 15) is 9.59 Å². The normalized spacial score (nSPS) is 26.2. The lowest BCUT2D eigenvalue weighted by atomic mass is 9.86. The molecule has 0 aromatic carbocycles. The van der Waals surface area contributed by atoms with Gasteiger partial charge in [0.05, 0.1) is 12.0 Å². The molecule has 0 saturated heterocycles. The van der Waals surface area contributed by atoms with Crippen molar-refractivity contribution in [3.05, 3.63) is 22.4 Å². The number of carboxylic acid groups (broad SMARTS) is 1. The van der Waals surface area contributed by atoms with Gasteiger partial charge in [-0.2, -0.15) is 0 Å². The van der Waals surface area contributed by atoms with E-state index in [0.717, 1.165) is 12.8 Å². The molecule has 1 unspecified atom stereocenters. The highest BCUT2D eigenvalue weighted by molar-refractivity contribution is 7.10. The molecule has 2 fully saturated rings. The Labute approximate surface area is 134 Å². The highest BCUT2D eigenvalue weighted by Gasteiger charge is 2.34. The molecule has 22 heavy (non-hydrogen) atoms. The SMILES string of the molecule is O=C(NC1CCC(C(=O)O)CC1)NC(c1cccs1)C1CC1. The number of amides is 2. The van der Waals surface area contributed by atoms with Gasteiger partial charge in [-0.25, -0.2) is 4.79 Å². The number of carbonyl (C=O) groups is 2. The standard InChI is InChI=1S/C16H22N2O3S/c19-15(20)11-5-7-12(8-6-11)17-16(21)18-14(10-3-4-10)13-2-1-9-22-13/h1-2,9-12,14H,3-8H2,(H,19,20)(H2,17,18,21). The van der Waals surface area contributed by atoms with Crippen molar-refractivity contribution in [1.29, 1.82) is 0 Å². The molecule has 6 heteroatoms. The third-order valence-electron chi connectivity index (χ3n) is 4.64. The van der Waals surface area contributed by atoms with Crippen LogP contribution in [0.5, 0.6) is 0 Å². The molecule has 2 amide bonds. The third-order valence-corrected chi connectivity index (χ3v) is 5.60. The number of carbonyl (C=O) groups excluding carboxylic acids is 1. The molecule has 2 aliphatic carbocycles. The van der Waals surface area contributed by atoms with Gasteiger partial charge in [0.15, 0.2) is 0 Å². The van der Waals surface area contributed by atoms with Crippen molar-refractivity contribution in [2.75, 3.05) is 0 Å². The molecule has 3 N–H and O–H groups in total. The van der Waals surface area contributed by atoms with Crippen molar-refractivity contribution in [2.45, 2.75) is 50.6 Å². The lowest BCUT2D eigenvalue weighted by Crippen LogP contribution is -2.45. The summed E-state index contributed by atoms with van der Waals surface area (Å²) in [6.07, 6.45) is 5.14. The predicted octanol–water partition coefficient (Wildman–Crippen LogP) is 3.14. The number of urea groups is 1. The summed E-state index contributed by atoms with van der Waals surface area (Å²) in [7, 11) is 0. The number of hydrogen-bond donors (Lipinski definition) is 3. The van der Waals surface area contributed by atoms with Crippen molar-refractivity contribution < 1.29 is 14.7 Å². The van der Waals surface area contributed by atoms with E-state index in [2.05, 4.69) is 16.7 Å². The van der Waals surface area contributed by atoms with Crippen LogP contribution in [-0.4, -0.2) is 23.1 Å². The lowest BCUT2D eigenvalue weighted by Gasteiger charge is -2.27. The Morgan fingerprint density at radius 3 is 2.45 bits per heavy atom. The first-order valence-electron chi connectivity index (χ1n) is 7.96. The largest absolute Gasteiger partial charge is 0.481 e. The molecular formula is C16H22N2O3S. The second-order valence-electron chi connectivity index (χ2n) is 6.34. The zero-order chi connectivity index (χ0) is 15.5. The second-order valence-corrected chi connectivity index (χ2v) is 7.31. The fourth-order valence-corrected chi connectivity index (χ4v) is 4.04. The first-order valence-corrected chi connectivity index (χ1v) is 8.84. The molecule has 1 aromatic heterocycles. The van der Waals surface area contributed by atoms with Gasteiger partial charge in [-0.15, -0.1) is 11.3 Å². The Morgan fingerprint density at radius 1 is 1.18 bits per heavy atom. The Morgan fingerprint density at radius 2 is 1.91 bits per heavy atom. The summed E-state index contributed by atoms with van der Waals surface area (Å²) in [5.41, 5.74) is 0. The van der Waals surface area contributed by atoms with Crippen LogP contribution in [-0.2, 0) is 4.79 Å². The summed E-state index contributed by atoms with van der Waals surface area (Å²) in [4.78, 5) is 24.4. The Balaban J connectivity index is 1.49. The molecule has 1 aromatic rings. The summed E-state index contributed by atoms with van der Waals surface area (Å²) < 4.78 is 0. The number of carboxylic acids is 1. The van der Waals surface area contributed by atoms with E-state index >= 15 is 0 Å². The van der Waals surface area contributed by atoms with Crippen LogP contribution in [0.4, 0.5) is 4.79 Å². The topological polar surface area (TPSA) is 78.4 Å². The molecule has 2 saturated carbocycles. The van der Waals surface area contributed by atoms with Crippen molar-refractivity contribution >= 4 is 23.3 Å². The monoisotopic (exact) mass is 322 g/mol. The first kappa shape index (κ1) is 15.3. The van der Waals surface area contributed by atoms with Crippen molar-refractivity contribution in [2.24, 2.45) is 11.8 Å². The Kier molecular flexibility index (Phi) is 4.66. The van der Waals surface area contributed by atoms with Crippen LogP contribution in [0.2, 0.25) is 0 Å². The average molecular weight is 322 g/mol. The molecular weight excluding hydrogens is 300 g/mol. The zero-order valence-electron chi connectivity index (χ0n) is 12.5. The van der Waals surface area contributed by atoms with E-state index in [1.807, 2.05) is 11.4 Å². The fourth-order valence-electron chi connectivity index (χ4n) is 3.17. The number of aliphatic carboxylic acids is 1. The van der Waals surface area contributed by atoms with Gasteiger partial charge in [0.2, 0.25) is 0 Å². The van der Waals surface area contributed by atoms with E-state index < -0.39 is 5.97 Å². The highest BCUT2D eigenvalue weighted by Crippen LogP contribution is 2.42. The Hall–Kier alpha value is -1.56. The lowest BCUT2D eigenvalue weighted by molar-refractivity contribution is -0.142. The summed E-state index contributed by atoms with van der Waals surface area (Å²) in [6, 6.07) is 4.19. The maximum Gasteiger partial charge on any atom is 0.315 e. The maximum absolute atomic E-state index is 12.2. The van der Waals surface area contributed by atoms with Gasteiger partial charge in [-0.3, -0.25) is 4.79 Å². The number of hydrogen-bond acceptors (Lipinski definition) is 3. The van der Waals surface area contributed by atoms with Gasteiger partial charge in [0, 0.05) is 10.9 Å². The van der Waals surface area contributed by atoms with Gasteiger partial charge < -0.3 is 15.7 Å². The summed E-state index contributed by atoms with van der Waals surface area (Å²) in [6.45, 7) is 0. The molecule has 5 nitrogen and oxygen atoms in total. The van der Waals surface area contributed by atoms with Gasteiger partial charge >= 0.3 is 12.0 Å². The molecule has 0 spiro atoms. The molecule has 0 radical (unpaired) electrons. The molecule has 1 heterocycles. The predicted molar refractivity (Wildman–Crippen MR) is 84.8 cm³/mol. The average Bonchev–Trinajstić information content (AvgIpc) is 3.19. The molecule has 120 valence electrons. The van der Waals surface area contributed by atoms with Crippen molar-refractivity contribution in [1.82, 2.24) is 10.6 Å². The zero-order valence-corrected chi connectivity index (χ0v) is 13.3. The molecule has 0 aliphatic heterocycles. The molecule has 2 aliphatic rings. The quantitative estimate of drug-likeness (QED) is 0.779. The van der Waals surface area contributed by atoms with Crippen LogP contribution in [0, 0.1) is 11.8 Å². The first-order chi connectivity index (χ1) is 10.6. The van der Waals surface area contributed by atoms with Crippen LogP contribution in [0.25, 0.3) is 0 Å². The van der Waals surface area contributed by atoms with E-state index in [4.69, 9.17) is 5.11 Å². The summed E-state index contributed by atoms with van der Waals surface area (Å²) in [5, 5.41) is 17.2. The van der Waals surface area contributed by atoms with Gasteiger partial charge in [0.1, 0.15) is 0 Å². The van der Waals surface area contributed by atoms with Crippen molar-refractivity contribution in [3.8, 4) is 0 Å². The minimum atomic E-state index is -0.714. The highest BCUT2D eigenvalue weighted by atomic mass is 32.1. The third kappa shape index (κ3) is 3.80. The minimum Gasteiger partial charge on any atom is -0.481 e. The van der Waals surface area contributed by atoms with Crippen LogP contribution in [0.15, 0.2) is 17.5 Å². The fraction of sp³-hybridized carbons (Fsp3) is 0.625. The van der Waals surface area contributed by atoms with Gasteiger partial charge in [0.25, 0.3) is 0 Å². The van der Waals surface area contributed by atoms with Crippen LogP contribution in [0.3, 0.4) is 0 Å². The summed E-state index contributed by atoms with van der Waals surface area (Å²) in [5.74, 6) is -0.395. The van der Waals surface area contributed by atoms with Gasteiger partial charge in [-0.05, 0) is 55.9 Å². The van der Waals surface area contributed by atoms with Crippen molar-refractivity contribution in [3.63, 3.8) is 0 Å². The Bertz CT molecular complexity index is 520. The van der Waals surface area contributed by atoms with E-state index in [1.54, 1.807) is 11.3 Å². The van der Waals surface area contributed by atoms with E-state index in [0.29, 0.717) is 18.8 Å². The van der Waals surface area contributed by atoms with Crippen LogP contribution < -0.4 is 10.6 Å².